The van der Waals surface area contributed by atoms with Crippen LogP contribution in [-0.2, 0) is 13.0 Å². The number of thiophene rings is 1. The van der Waals surface area contributed by atoms with Crippen molar-refractivity contribution in [1.29, 1.82) is 0 Å². The van der Waals surface area contributed by atoms with Crippen molar-refractivity contribution >= 4 is 11.3 Å². The van der Waals surface area contributed by atoms with Crippen LogP contribution >= 0.6 is 11.3 Å². The fourth-order valence-electron chi connectivity index (χ4n) is 3.76. The molecule has 0 bridgehead atoms. The molecule has 0 unspecified atom stereocenters. The molecule has 1 saturated heterocycles. The van der Waals surface area contributed by atoms with Crippen molar-refractivity contribution in [2.24, 2.45) is 0 Å². The zero-order valence-electron chi connectivity index (χ0n) is 12.1. The van der Waals surface area contributed by atoms with Crippen LogP contribution in [0.5, 0.6) is 0 Å². The molecule has 1 aliphatic heterocycles. The molecule has 1 spiro atoms. The Morgan fingerprint density at radius 2 is 2.16 bits per heavy atom. The third kappa shape index (κ3) is 3.04. The monoisotopic (exact) mass is 278 g/mol. The van der Waals surface area contributed by atoms with E-state index in [9.17, 15) is 0 Å². The van der Waals surface area contributed by atoms with Gasteiger partial charge in [0.2, 0.25) is 0 Å². The predicted molar refractivity (Wildman–Crippen MR) is 82.8 cm³/mol. The number of nitrogens with zero attached hydrogens (tertiary/aromatic N) is 1. The molecule has 2 fully saturated rings. The van der Waals surface area contributed by atoms with E-state index in [1.165, 1.54) is 64.7 Å². The van der Waals surface area contributed by atoms with Crippen LogP contribution in [0.25, 0.3) is 0 Å². The maximum atomic E-state index is 3.86. The van der Waals surface area contributed by atoms with E-state index in [1.54, 1.807) is 10.4 Å². The molecule has 2 aliphatic rings. The Balaban J connectivity index is 1.69. The molecule has 0 amide bonds. The van der Waals surface area contributed by atoms with Crippen molar-refractivity contribution in [3.05, 3.63) is 21.9 Å². The van der Waals surface area contributed by atoms with E-state index in [0.29, 0.717) is 5.54 Å². The molecule has 0 aromatic carbocycles. The van der Waals surface area contributed by atoms with Gasteiger partial charge < -0.3 is 5.32 Å². The molecular weight excluding hydrogens is 252 g/mol. The summed E-state index contributed by atoms with van der Waals surface area (Å²) in [5.74, 6) is 0. The molecule has 19 heavy (non-hydrogen) atoms. The second kappa shape index (κ2) is 5.94. The Bertz CT molecular complexity index is 407. The molecule has 0 atom stereocenters. The maximum Gasteiger partial charge on any atom is 0.0331 e. The van der Waals surface area contributed by atoms with E-state index in [0.717, 1.165) is 0 Å². The standard InChI is InChI=1S/C16H26N2S/c1-2-14-6-11-19-15(14)12-18-10-5-9-17-16(13-18)7-3-4-8-16/h6,11,17H,2-5,7-10,12-13H2,1H3. The third-order valence-electron chi connectivity index (χ3n) is 4.82. The highest BCUT2D eigenvalue weighted by atomic mass is 32.1. The summed E-state index contributed by atoms with van der Waals surface area (Å²) in [6, 6.07) is 2.31. The molecule has 3 rings (SSSR count). The molecule has 1 N–H and O–H groups in total. The van der Waals surface area contributed by atoms with Crippen LogP contribution in [0, 0.1) is 0 Å². The Hall–Kier alpha value is -0.380. The molecule has 2 heterocycles. The summed E-state index contributed by atoms with van der Waals surface area (Å²) in [6.07, 6.45) is 8.08. The first-order valence-corrected chi connectivity index (χ1v) is 8.72. The SMILES string of the molecule is CCc1ccsc1CN1CCCNC2(CCCC2)C1. The minimum atomic E-state index is 0.445. The van der Waals surface area contributed by atoms with Crippen LogP contribution in [0.4, 0.5) is 0 Å². The van der Waals surface area contributed by atoms with E-state index in [1.807, 2.05) is 11.3 Å². The number of hydrogen-bond donors (Lipinski definition) is 1. The quantitative estimate of drug-likeness (QED) is 0.911. The lowest BCUT2D eigenvalue weighted by atomic mass is 9.97. The summed E-state index contributed by atoms with van der Waals surface area (Å²) in [5.41, 5.74) is 2.00. The lowest BCUT2D eigenvalue weighted by Crippen LogP contribution is -2.49. The number of rotatable bonds is 3. The fourth-order valence-corrected chi connectivity index (χ4v) is 4.78. The largest absolute Gasteiger partial charge is 0.310 e. The van der Waals surface area contributed by atoms with E-state index < -0.39 is 0 Å². The smallest absolute Gasteiger partial charge is 0.0331 e. The molecule has 1 aliphatic carbocycles. The average Bonchev–Trinajstić information content (AvgIpc) is 2.99. The minimum Gasteiger partial charge on any atom is -0.310 e. The normalized spacial score (nSPS) is 23.8. The van der Waals surface area contributed by atoms with Crippen LogP contribution in [0.2, 0.25) is 0 Å². The zero-order valence-corrected chi connectivity index (χ0v) is 12.9. The van der Waals surface area contributed by atoms with E-state index in [4.69, 9.17) is 0 Å². The molecule has 1 aromatic rings. The summed E-state index contributed by atoms with van der Waals surface area (Å²) in [5, 5.41) is 6.12. The van der Waals surface area contributed by atoms with Gasteiger partial charge in [0.25, 0.3) is 0 Å². The highest BCUT2D eigenvalue weighted by Gasteiger charge is 2.36. The van der Waals surface area contributed by atoms with Gasteiger partial charge in [0.1, 0.15) is 0 Å². The van der Waals surface area contributed by atoms with Crippen LogP contribution in [0.3, 0.4) is 0 Å². The summed E-state index contributed by atoms with van der Waals surface area (Å²) < 4.78 is 0. The summed E-state index contributed by atoms with van der Waals surface area (Å²) in [7, 11) is 0. The van der Waals surface area contributed by atoms with Crippen LogP contribution in [0.1, 0.15) is 49.5 Å². The van der Waals surface area contributed by atoms with Crippen molar-refractivity contribution in [2.75, 3.05) is 19.6 Å². The first-order valence-electron chi connectivity index (χ1n) is 7.84. The van der Waals surface area contributed by atoms with Gasteiger partial charge in [-0.2, -0.15) is 0 Å². The van der Waals surface area contributed by atoms with E-state index >= 15 is 0 Å². The van der Waals surface area contributed by atoms with Gasteiger partial charge in [0.15, 0.2) is 0 Å². The molecule has 1 saturated carbocycles. The molecule has 0 radical (unpaired) electrons. The van der Waals surface area contributed by atoms with Gasteiger partial charge in [0.05, 0.1) is 0 Å². The molecule has 2 nitrogen and oxygen atoms in total. The second-order valence-corrected chi connectivity index (χ2v) is 7.20. The molecule has 3 heteroatoms. The van der Waals surface area contributed by atoms with Gasteiger partial charge in [-0.25, -0.2) is 0 Å². The van der Waals surface area contributed by atoms with Gasteiger partial charge in [0, 0.05) is 23.5 Å². The Morgan fingerprint density at radius 1 is 1.32 bits per heavy atom. The first-order chi connectivity index (χ1) is 9.31. The fraction of sp³-hybridized carbons (Fsp3) is 0.750. The second-order valence-electron chi connectivity index (χ2n) is 6.20. The number of nitrogens with one attached hydrogen (secondary N) is 1. The Morgan fingerprint density at radius 3 is 2.95 bits per heavy atom. The number of hydrogen-bond acceptors (Lipinski definition) is 3. The summed E-state index contributed by atoms with van der Waals surface area (Å²) in [6.45, 7) is 7.17. The summed E-state index contributed by atoms with van der Waals surface area (Å²) in [4.78, 5) is 4.30. The molecule has 106 valence electrons. The van der Waals surface area contributed by atoms with Crippen molar-refractivity contribution in [1.82, 2.24) is 10.2 Å². The van der Waals surface area contributed by atoms with Crippen molar-refractivity contribution < 1.29 is 0 Å². The Kier molecular flexibility index (Phi) is 4.25. The lowest BCUT2D eigenvalue weighted by molar-refractivity contribution is 0.204. The van der Waals surface area contributed by atoms with E-state index in [-0.39, 0.29) is 0 Å². The van der Waals surface area contributed by atoms with Gasteiger partial charge in [-0.05, 0) is 55.8 Å². The minimum absolute atomic E-state index is 0.445. The van der Waals surface area contributed by atoms with Crippen LogP contribution in [0.15, 0.2) is 11.4 Å². The topological polar surface area (TPSA) is 15.3 Å². The molecule has 1 aromatic heterocycles. The lowest BCUT2D eigenvalue weighted by Gasteiger charge is -2.33. The average molecular weight is 278 g/mol. The molecular formula is C16H26N2S. The maximum absolute atomic E-state index is 3.86. The van der Waals surface area contributed by atoms with Crippen LogP contribution in [-0.4, -0.2) is 30.1 Å². The first kappa shape index (κ1) is 13.6. The van der Waals surface area contributed by atoms with Gasteiger partial charge in [-0.3, -0.25) is 4.90 Å². The van der Waals surface area contributed by atoms with Crippen molar-refractivity contribution in [3.63, 3.8) is 0 Å². The van der Waals surface area contributed by atoms with Crippen LogP contribution < -0.4 is 5.32 Å². The van der Waals surface area contributed by atoms with Crippen molar-refractivity contribution in [3.8, 4) is 0 Å². The highest BCUT2D eigenvalue weighted by molar-refractivity contribution is 7.10. The van der Waals surface area contributed by atoms with E-state index in [2.05, 4.69) is 28.6 Å². The number of aryl methyl sites for hydroxylation is 1. The zero-order chi connectivity index (χ0) is 13.1. The Labute approximate surface area is 121 Å². The van der Waals surface area contributed by atoms with Crippen molar-refractivity contribution in [2.45, 2.75) is 57.5 Å². The highest BCUT2D eigenvalue weighted by Crippen LogP contribution is 2.32. The van der Waals surface area contributed by atoms with Gasteiger partial charge in [-0.1, -0.05) is 19.8 Å². The van der Waals surface area contributed by atoms with Gasteiger partial charge in [-0.15, -0.1) is 11.3 Å². The predicted octanol–water partition coefficient (Wildman–Crippen LogP) is 3.42. The third-order valence-corrected chi connectivity index (χ3v) is 5.77. The summed E-state index contributed by atoms with van der Waals surface area (Å²) >= 11 is 1.94. The van der Waals surface area contributed by atoms with Gasteiger partial charge >= 0.3 is 0 Å².